The van der Waals surface area contributed by atoms with Crippen molar-refractivity contribution in [1.29, 1.82) is 0 Å². The summed E-state index contributed by atoms with van der Waals surface area (Å²) in [4.78, 5) is 22.0. The molecule has 2 aromatic rings. The van der Waals surface area contributed by atoms with Gasteiger partial charge < -0.3 is 5.32 Å². The number of benzene rings is 2. The summed E-state index contributed by atoms with van der Waals surface area (Å²) in [5.41, 5.74) is -0.350. The number of carbonyl (C=O) groups excluding carboxylic acids is 2. The molecule has 0 saturated carbocycles. The van der Waals surface area contributed by atoms with Gasteiger partial charge >= 0.3 is 6.18 Å². The van der Waals surface area contributed by atoms with E-state index >= 15 is 0 Å². The Labute approximate surface area is 124 Å². The number of alkyl halides is 3. The van der Waals surface area contributed by atoms with Gasteiger partial charge in [0.15, 0.2) is 0 Å². The summed E-state index contributed by atoms with van der Waals surface area (Å²) >= 11 is 0. The number of rotatable bonds is 0. The van der Waals surface area contributed by atoms with Gasteiger partial charge in [0.2, 0.25) is 0 Å². The lowest BCUT2D eigenvalue weighted by Crippen LogP contribution is -2.13. The molecule has 3 nitrogen and oxygen atoms in total. The van der Waals surface area contributed by atoms with E-state index in [0.717, 1.165) is 12.1 Å². The Hall–Kier alpha value is -2.63. The maximum atomic E-state index is 12.4. The molecule has 0 radical (unpaired) electrons. The minimum Gasteiger partial charge on any atom is -0.318 e. The monoisotopic (exact) mass is 307 g/mol. The molecule has 2 aromatic carbocycles. The van der Waals surface area contributed by atoms with Gasteiger partial charge in [-0.15, -0.1) is 0 Å². The molecule has 0 aliphatic carbocycles. The Bertz CT molecular complexity index is 709. The molecule has 0 unspecified atom stereocenters. The van der Waals surface area contributed by atoms with Gasteiger partial charge in [-0.2, -0.15) is 13.2 Å². The van der Waals surface area contributed by atoms with E-state index in [9.17, 15) is 22.8 Å². The number of halogens is 3. The second-order valence-corrected chi connectivity index (χ2v) is 4.66. The fourth-order valence-electron chi connectivity index (χ4n) is 1.94. The summed E-state index contributed by atoms with van der Waals surface area (Å²) < 4.78 is 37.3. The molecule has 0 saturated heterocycles. The van der Waals surface area contributed by atoms with E-state index in [2.05, 4.69) is 19.1 Å². The Kier molecular flexibility index (Phi) is 4.30. The Morgan fingerprint density at radius 3 is 2.05 bits per heavy atom. The predicted molar refractivity (Wildman–Crippen MR) is 75.6 cm³/mol. The van der Waals surface area contributed by atoms with Crippen molar-refractivity contribution in [3.63, 3.8) is 0 Å². The standard InChI is InChI=1S/C9H4F3NO2.C7H8/c10-9(11,12)5-3-1-2-4-6(5)13-8(15)7(4)14;1-7-5-3-2-4-6-7/h1-3H,(H,13,14,15);2-6H,1H3. The first kappa shape index (κ1) is 15.8. The van der Waals surface area contributed by atoms with Gasteiger partial charge in [-0.3, -0.25) is 9.59 Å². The van der Waals surface area contributed by atoms with Crippen LogP contribution in [0.25, 0.3) is 0 Å². The number of Topliss-reactive ketones (excluding diaryl/α,β-unsaturated/α-hetero) is 1. The minimum absolute atomic E-state index is 0.227. The lowest BCUT2D eigenvalue weighted by Gasteiger charge is -2.10. The van der Waals surface area contributed by atoms with Gasteiger partial charge in [-0.1, -0.05) is 42.0 Å². The van der Waals surface area contributed by atoms with Crippen molar-refractivity contribution in [2.75, 3.05) is 5.32 Å². The quantitative estimate of drug-likeness (QED) is 0.752. The van der Waals surface area contributed by atoms with Crippen molar-refractivity contribution in [2.24, 2.45) is 0 Å². The van der Waals surface area contributed by atoms with Gasteiger partial charge in [-0.05, 0) is 19.1 Å². The molecule has 1 aliphatic rings. The maximum Gasteiger partial charge on any atom is 0.418 e. The summed E-state index contributed by atoms with van der Waals surface area (Å²) in [6, 6.07) is 13.4. The normalized spacial score (nSPS) is 13.1. The topological polar surface area (TPSA) is 46.2 Å². The zero-order chi connectivity index (χ0) is 16.3. The number of carbonyl (C=O) groups is 2. The SMILES string of the molecule is Cc1ccccc1.O=C1Nc2c(cccc2C(F)(F)F)C1=O. The van der Waals surface area contributed by atoms with Crippen molar-refractivity contribution in [1.82, 2.24) is 0 Å². The molecule has 22 heavy (non-hydrogen) atoms. The number of hydrogen-bond donors (Lipinski definition) is 1. The molecule has 6 heteroatoms. The molecule has 1 amide bonds. The second kappa shape index (κ2) is 6.01. The molecule has 114 valence electrons. The number of anilines is 1. The molecular weight excluding hydrogens is 295 g/mol. The number of aryl methyl sites for hydroxylation is 1. The smallest absolute Gasteiger partial charge is 0.318 e. The zero-order valence-corrected chi connectivity index (χ0v) is 11.6. The number of para-hydroxylation sites is 1. The highest BCUT2D eigenvalue weighted by atomic mass is 19.4. The van der Waals surface area contributed by atoms with Crippen LogP contribution in [-0.4, -0.2) is 11.7 Å². The van der Waals surface area contributed by atoms with Crippen LogP contribution >= 0.6 is 0 Å². The lowest BCUT2D eigenvalue weighted by molar-refractivity contribution is -0.136. The van der Waals surface area contributed by atoms with Crippen molar-refractivity contribution in [3.8, 4) is 0 Å². The third-order valence-electron chi connectivity index (χ3n) is 3.00. The number of hydrogen-bond acceptors (Lipinski definition) is 2. The van der Waals surface area contributed by atoms with Gasteiger partial charge in [0.25, 0.3) is 11.7 Å². The van der Waals surface area contributed by atoms with Crippen molar-refractivity contribution in [2.45, 2.75) is 13.1 Å². The molecule has 1 N–H and O–H groups in total. The fraction of sp³-hybridized carbons (Fsp3) is 0.125. The number of nitrogens with one attached hydrogen (secondary N) is 1. The van der Waals surface area contributed by atoms with Crippen LogP contribution in [0, 0.1) is 6.92 Å². The third-order valence-corrected chi connectivity index (χ3v) is 3.00. The van der Waals surface area contributed by atoms with Gasteiger partial charge in [0, 0.05) is 0 Å². The van der Waals surface area contributed by atoms with E-state index in [4.69, 9.17) is 0 Å². The van der Waals surface area contributed by atoms with E-state index in [1.165, 1.54) is 11.6 Å². The molecule has 0 bridgehead atoms. The average Bonchev–Trinajstić information content (AvgIpc) is 2.75. The van der Waals surface area contributed by atoms with Crippen LogP contribution in [0.15, 0.2) is 48.5 Å². The molecule has 3 rings (SSSR count). The minimum atomic E-state index is -4.58. The van der Waals surface area contributed by atoms with Crippen molar-refractivity contribution >= 4 is 17.4 Å². The lowest BCUT2D eigenvalue weighted by atomic mass is 10.1. The summed E-state index contributed by atoms with van der Waals surface area (Å²) in [6.45, 7) is 2.08. The van der Waals surface area contributed by atoms with Crippen LogP contribution in [0.3, 0.4) is 0 Å². The highest BCUT2D eigenvalue weighted by molar-refractivity contribution is 6.51. The van der Waals surface area contributed by atoms with E-state index in [-0.39, 0.29) is 5.56 Å². The van der Waals surface area contributed by atoms with Gasteiger partial charge in [-0.25, -0.2) is 0 Å². The highest BCUT2D eigenvalue weighted by Crippen LogP contribution is 2.38. The van der Waals surface area contributed by atoms with E-state index < -0.39 is 29.1 Å². The van der Waals surface area contributed by atoms with Crippen LogP contribution < -0.4 is 5.32 Å². The summed E-state index contributed by atoms with van der Waals surface area (Å²) in [5.74, 6) is -1.96. The van der Waals surface area contributed by atoms with E-state index in [1.54, 1.807) is 0 Å². The first-order valence-corrected chi connectivity index (χ1v) is 6.38. The first-order valence-electron chi connectivity index (χ1n) is 6.38. The summed E-state index contributed by atoms with van der Waals surface area (Å²) in [7, 11) is 0. The molecule has 1 heterocycles. The zero-order valence-electron chi connectivity index (χ0n) is 11.6. The molecule has 0 fully saturated rings. The van der Waals surface area contributed by atoms with Crippen LogP contribution in [0.1, 0.15) is 21.5 Å². The second-order valence-electron chi connectivity index (χ2n) is 4.66. The van der Waals surface area contributed by atoms with E-state index in [0.29, 0.717) is 0 Å². The molecular formula is C16H12F3NO2. The average molecular weight is 307 g/mol. The van der Waals surface area contributed by atoms with E-state index in [1.807, 2.05) is 23.5 Å². The van der Waals surface area contributed by atoms with Gasteiger partial charge in [0.1, 0.15) is 0 Å². The number of ketones is 1. The fourth-order valence-corrected chi connectivity index (χ4v) is 1.94. The molecule has 0 atom stereocenters. The molecule has 0 aromatic heterocycles. The highest BCUT2D eigenvalue weighted by Gasteiger charge is 2.39. The van der Waals surface area contributed by atoms with Crippen molar-refractivity contribution in [3.05, 3.63) is 65.2 Å². The Morgan fingerprint density at radius 1 is 0.909 bits per heavy atom. The number of amides is 1. The van der Waals surface area contributed by atoms with Crippen LogP contribution in [0.5, 0.6) is 0 Å². The van der Waals surface area contributed by atoms with Crippen molar-refractivity contribution < 1.29 is 22.8 Å². The first-order chi connectivity index (χ1) is 10.3. The maximum absolute atomic E-state index is 12.4. The molecule has 1 aliphatic heterocycles. The summed E-state index contributed by atoms with van der Waals surface area (Å²) in [5, 5.41) is 1.91. The van der Waals surface area contributed by atoms with Gasteiger partial charge in [0.05, 0.1) is 16.8 Å². The molecule has 0 spiro atoms. The summed E-state index contributed by atoms with van der Waals surface area (Å²) in [6.07, 6.45) is -4.58. The van der Waals surface area contributed by atoms with Crippen LogP contribution in [0.4, 0.5) is 18.9 Å². The predicted octanol–water partition coefficient (Wildman–Crippen LogP) is 3.84. The largest absolute Gasteiger partial charge is 0.418 e. The Balaban J connectivity index is 0.000000211. The van der Waals surface area contributed by atoms with Crippen LogP contribution in [-0.2, 0) is 11.0 Å². The number of fused-ring (bicyclic) bond motifs is 1. The van der Waals surface area contributed by atoms with Crippen LogP contribution in [0.2, 0.25) is 0 Å². The third kappa shape index (κ3) is 3.33. The Morgan fingerprint density at radius 2 is 1.55 bits per heavy atom.